The highest BCUT2D eigenvalue weighted by Crippen LogP contribution is 2.07. The lowest BCUT2D eigenvalue weighted by Crippen LogP contribution is -2.07. The highest BCUT2D eigenvalue weighted by Gasteiger charge is 2.02. The molecule has 5 heteroatoms. The van der Waals surface area contributed by atoms with Crippen molar-refractivity contribution in [3.63, 3.8) is 0 Å². The van der Waals surface area contributed by atoms with Crippen LogP contribution in [0.15, 0.2) is 12.7 Å². The molecule has 14 heavy (non-hydrogen) atoms. The standard InChI is InChI=1S/C9H13ClN4/c1-3-5-7-12-8(10)14-9(13-7)11-6-4-2/h4H,2-3,5-6H2,1H3,(H,11,12,13,14). The highest BCUT2D eigenvalue weighted by atomic mass is 35.5. The molecule has 0 atom stereocenters. The fourth-order valence-electron chi connectivity index (χ4n) is 0.969. The maximum absolute atomic E-state index is 5.74. The van der Waals surface area contributed by atoms with Crippen molar-refractivity contribution in [2.45, 2.75) is 19.8 Å². The molecular formula is C9H13ClN4. The first-order valence-corrected chi connectivity index (χ1v) is 4.89. The molecule has 1 rings (SSSR count). The van der Waals surface area contributed by atoms with Crippen LogP contribution in [0.1, 0.15) is 19.2 Å². The monoisotopic (exact) mass is 212 g/mol. The van der Waals surface area contributed by atoms with Crippen molar-refractivity contribution < 1.29 is 0 Å². The van der Waals surface area contributed by atoms with Gasteiger partial charge in [0, 0.05) is 13.0 Å². The van der Waals surface area contributed by atoms with E-state index in [1.165, 1.54) is 0 Å². The van der Waals surface area contributed by atoms with E-state index in [2.05, 4.69) is 33.8 Å². The van der Waals surface area contributed by atoms with Crippen molar-refractivity contribution in [1.29, 1.82) is 0 Å². The normalized spacial score (nSPS) is 9.86. The van der Waals surface area contributed by atoms with Crippen LogP contribution in [0.5, 0.6) is 0 Å². The largest absolute Gasteiger partial charge is 0.351 e. The van der Waals surface area contributed by atoms with Gasteiger partial charge in [-0.1, -0.05) is 13.0 Å². The lowest BCUT2D eigenvalue weighted by Gasteiger charge is -2.03. The van der Waals surface area contributed by atoms with Crippen molar-refractivity contribution >= 4 is 17.5 Å². The molecule has 0 radical (unpaired) electrons. The van der Waals surface area contributed by atoms with Crippen LogP contribution in [0, 0.1) is 0 Å². The number of halogens is 1. The molecule has 0 aliphatic heterocycles. The van der Waals surface area contributed by atoms with E-state index in [1.807, 2.05) is 0 Å². The van der Waals surface area contributed by atoms with Gasteiger partial charge in [0.15, 0.2) is 0 Å². The van der Waals surface area contributed by atoms with Crippen LogP contribution in [0.4, 0.5) is 5.95 Å². The Kier molecular flexibility index (Phi) is 4.32. The summed E-state index contributed by atoms with van der Waals surface area (Å²) >= 11 is 5.74. The second-order valence-electron chi connectivity index (χ2n) is 2.76. The minimum absolute atomic E-state index is 0.231. The first-order valence-electron chi connectivity index (χ1n) is 4.51. The molecule has 0 aliphatic carbocycles. The molecule has 0 saturated carbocycles. The molecule has 0 amide bonds. The third-order valence-electron chi connectivity index (χ3n) is 1.53. The van der Waals surface area contributed by atoms with Gasteiger partial charge in [0.05, 0.1) is 0 Å². The average Bonchev–Trinajstić information content (AvgIpc) is 2.14. The number of rotatable bonds is 5. The van der Waals surface area contributed by atoms with Gasteiger partial charge in [-0.05, 0) is 18.0 Å². The van der Waals surface area contributed by atoms with Crippen LogP contribution in [0.2, 0.25) is 5.28 Å². The third kappa shape index (κ3) is 3.30. The summed E-state index contributed by atoms with van der Waals surface area (Å²) in [6, 6.07) is 0. The highest BCUT2D eigenvalue weighted by molar-refractivity contribution is 6.28. The molecule has 1 heterocycles. The lowest BCUT2D eigenvalue weighted by molar-refractivity contribution is 0.818. The molecule has 0 spiro atoms. The van der Waals surface area contributed by atoms with Crippen molar-refractivity contribution in [2.75, 3.05) is 11.9 Å². The number of aromatic nitrogens is 3. The minimum atomic E-state index is 0.231. The molecular weight excluding hydrogens is 200 g/mol. The molecule has 0 unspecified atom stereocenters. The van der Waals surface area contributed by atoms with Crippen molar-refractivity contribution in [1.82, 2.24) is 15.0 Å². The maximum atomic E-state index is 5.74. The zero-order valence-corrected chi connectivity index (χ0v) is 8.88. The Bertz CT molecular complexity index is 314. The quantitative estimate of drug-likeness (QED) is 0.760. The Morgan fingerprint density at radius 3 is 2.86 bits per heavy atom. The molecule has 0 aromatic carbocycles. The molecule has 0 aliphatic rings. The Labute approximate surface area is 88.4 Å². The smallest absolute Gasteiger partial charge is 0.227 e. The summed E-state index contributed by atoms with van der Waals surface area (Å²) in [6.07, 6.45) is 3.53. The van der Waals surface area contributed by atoms with E-state index in [4.69, 9.17) is 11.6 Å². The van der Waals surface area contributed by atoms with Gasteiger partial charge < -0.3 is 5.32 Å². The van der Waals surface area contributed by atoms with Gasteiger partial charge in [0.2, 0.25) is 11.2 Å². The summed E-state index contributed by atoms with van der Waals surface area (Å²) in [6.45, 7) is 6.27. The van der Waals surface area contributed by atoms with Gasteiger partial charge in [0.1, 0.15) is 5.82 Å². The Hall–Kier alpha value is -1.16. The van der Waals surface area contributed by atoms with Crippen molar-refractivity contribution in [2.24, 2.45) is 0 Å². The molecule has 4 nitrogen and oxygen atoms in total. The van der Waals surface area contributed by atoms with Crippen LogP contribution >= 0.6 is 11.6 Å². The first kappa shape index (κ1) is 10.9. The first-order chi connectivity index (χ1) is 6.76. The van der Waals surface area contributed by atoms with E-state index in [0.717, 1.165) is 18.7 Å². The fourth-order valence-corrected chi connectivity index (χ4v) is 1.15. The molecule has 1 aromatic heterocycles. The van der Waals surface area contributed by atoms with Crippen LogP contribution in [-0.4, -0.2) is 21.5 Å². The number of nitrogens with one attached hydrogen (secondary N) is 1. The Morgan fingerprint density at radius 2 is 2.21 bits per heavy atom. The van der Waals surface area contributed by atoms with E-state index >= 15 is 0 Å². The summed E-state index contributed by atoms with van der Waals surface area (Å²) in [7, 11) is 0. The summed E-state index contributed by atoms with van der Waals surface area (Å²) in [5.74, 6) is 1.23. The molecule has 1 aromatic rings. The van der Waals surface area contributed by atoms with Crippen LogP contribution in [-0.2, 0) is 6.42 Å². The predicted molar refractivity (Wildman–Crippen MR) is 57.5 cm³/mol. The van der Waals surface area contributed by atoms with Gasteiger partial charge in [-0.2, -0.15) is 9.97 Å². The Balaban J connectivity index is 2.77. The molecule has 0 fully saturated rings. The van der Waals surface area contributed by atoms with Gasteiger partial charge in [-0.25, -0.2) is 4.98 Å². The van der Waals surface area contributed by atoms with Gasteiger partial charge in [-0.3, -0.25) is 0 Å². The second-order valence-corrected chi connectivity index (χ2v) is 3.10. The fraction of sp³-hybridized carbons (Fsp3) is 0.444. The Morgan fingerprint density at radius 1 is 1.43 bits per heavy atom. The molecule has 76 valence electrons. The van der Waals surface area contributed by atoms with Crippen LogP contribution in [0.3, 0.4) is 0 Å². The van der Waals surface area contributed by atoms with E-state index in [9.17, 15) is 0 Å². The number of nitrogens with zero attached hydrogens (tertiary/aromatic N) is 3. The van der Waals surface area contributed by atoms with Gasteiger partial charge >= 0.3 is 0 Å². The molecule has 0 saturated heterocycles. The molecule has 0 bridgehead atoms. The summed E-state index contributed by atoms with van der Waals surface area (Å²) < 4.78 is 0. The van der Waals surface area contributed by atoms with E-state index in [1.54, 1.807) is 6.08 Å². The zero-order chi connectivity index (χ0) is 10.4. The van der Waals surface area contributed by atoms with E-state index in [-0.39, 0.29) is 5.28 Å². The number of anilines is 1. The summed E-state index contributed by atoms with van der Waals surface area (Å²) in [5.41, 5.74) is 0. The van der Waals surface area contributed by atoms with Crippen molar-refractivity contribution in [3.8, 4) is 0 Å². The summed E-state index contributed by atoms with van der Waals surface area (Å²) in [4.78, 5) is 12.1. The van der Waals surface area contributed by atoms with Crippen LogP contribution < -0.4 is 5.32 Å². The number of hydrogen-bond acceptors (Lipinski definition) is 4. The predicted octanol–water partition coefficient (Wildman–Crippen LogP) is 2.08. The van der Waals surface area contributed by atoms with E-state index < -0.39 is 0 Å². The zero-order valence-electron chi connectivity index (χ0n) is 8.13. The SMILES string of the molecule is C=CCNc1nc(Cl)nc(CCC)n1. The topological polar surface area (TPSA) is 50.7 Å². The minimum Gasteiger partial charge on any atom is -0.351 e. The third-order valence-corrected chi connectivity index (χ3v) is 1.70. The number of aryl methyl sites for hydroxylation is 1. The average molecular weight is 213 g/mol. The number of hydrogen-bond donors (Lipinski definition) is 1. The molecule has 1 N–H and O–H groups in total. The van der Waals surface area contributed by atoms with Gasteiger partial charge in [0.25, 0.3) is 0 Å². The maximum Gasteiger partial charge on any atom is 0.227 e. The van der Waals surface area contributed by atoms with Gasteiger partial charge in [-0.15, -0.1) is 6.58 Å². The summed E-state index contributed by atoms with van der Waals surface area (Å²) in [5, 5.41) is 3.20. The second kappa shape index (κ2) is 5.54. The lowest BCUT2D eigenvalue weighted by atomic mass is 10.3. The van der Waals surface area contributed by atoms with Crippen LogP contribution in [0.25, 0.3) is 0 Å². The van der Waals surface area contributed by atoms with E-state index in [0.29, 0.717) is 12.5 Å². The van der Waals surface area contributed by atoms with Crippen molar-refractivity contribution in [3.05, 3.63) is 23.8 Å².